The number of rotatable bonds is 3. The van der Waals surface area contributed by atoms with Crippen LogP contribution in [0.4, 0.5) is 0 Å². The number of carbonyl (C=O) groups is 1. The van der Waals surface area contributed by atoms with E-state index in [0.29, 0.717) is 12.1 Å². The molecule has 19 heavy (non-hydrogen) atoms. The number of hydrogen-bond acceptors (Lipinski definition) is 3. The summed E-state index contributed by atoms with van der Waals surface area (Å²) in [6.45, 7) is 6.48. The molecule has 1 amide bonds. The van der Waals surface area contributed by atoms with Gasteiger partial charge in [-0.05, 0) is 57.5 Å². The van der Waals surface area contributed by atoms with Gasteiger partial charge in [0.2, 0.25) is 0 Å². The van der Waals surface area contributed by atoms with E-state index in [1.54, 1.807) is 12.1 Å². The highest BCUT2D eigenvalue weighted by atomic mass is 16.3. The SMILES string of the molecule is CCN(C(=O)c1ccc(C)cc1O)C1CCNCC1. The van der Waals surface area contributed by atoms with E-state index in [9.17, 15) is 9.90 Å². The third kappa shape index (κ3) is 3.07. The third-order valence-corrected chi connectivity index (χ3v) is 3.73. The Morgan fingerprint density at radius 3 is 2.68 bits per heavy atom. The van der Waals surface area contributed by atoms with Crippen molar-refractivity contribution in [3.05, 3.63) is 29.3 Å². The standard InChI is InChI=1S/C15H22N2O2/c1-3-17(12-6-8-16-9-7-12)15(19)13-5-4-11(2)10-14(13)18/h4-5,10,12,16,18H,3,6-9H2,1-2H3. The zero-order valence-corrected chi connectivity index (χ0v) is 11.6. The number of nitrogens with one attached hydrogen (secondary N) is 1. The fourth-order valence-corrected chi connectivity index (χ4v) is 2.66. The Labute approximate surface area is 114 Å². The van der Waals surface area contributed by atoms with Gasteiger partial charge in [0.1, 0.15) is 5.75 Å². The van der Waals surface area contributed by atoms with Crippen molar-refractivity contribution < 1.29 is 9.90 Å². The number of nitrogens with zero attached hydrogens (tertiary/aromatic N) is 1. The second-order valence-corrected chi connectivity index (χ2v) is 5.09. The van der Waals surface area contributed by atoms with E-state index in [1.165, 1.54) is 0 Å². The van der Waals surface area contributed by atoms with Gasteiger partial charge in [0.25, 0.3) is 5.91 Å². The molecular weight excluding hydrogens is 240 g/mol. The molecule has 4 heteroatoms. The van der Waals surface area contributed by atoms with Crippen LogP contribution >= 0.6 is 0 Å². The first-order valence-electron chi connectivity index (χ1n) is 6.94. The maximum Gasteiger partial charge on any atom is 0.257 e. The molecule has 0 saturated carbocycles. The molecule has 0 bridgehead atoms. The Balaban J connectivity index is 2.19. The molecule has 0 radical (unpaired) electrons. The molecule has 1 heterocycles. The number of hydrogen-bond donors (Lipinski definition) is 2. The van der Waals surface area contributed by atoms with Crippen LogP contribution in [0.15, 0.2) is 18.2 Å². The number of aryl methyl sites for hydroxylation is 1. The Kier molecular flexibility index (Phi) is 4.43. The lowest BCUT2D eigenvalue weighted by Gasteiger charge is -2.34. The van der Waals surface area contributed by atoms with Gasteiger partial charge < -0.3 is 15.3 Å². The maximum absolute atomic E-state index is 12.6. The predicted octanol–water partition coefficient (Wildman–Crippen LogP) is 1.91. The fraction of sp³-hybridized carbons (Fsp3) is 0.533. The lowest BCUT2D eigenvalue weighted by molar-refractivity contribution is 0.0653. The van der Waals surface area contributed by atoms with E-state index in [1.807, 2.05) is 24.8 Å². The maximum atomic E-state index is 12.6. The van der Waals surface area contributed by atoms with E-state index in [-0.39, 0.29) is 17.7 Å². The molecular formula is C15H22N2O2. The van der Waals surface area contributed by atoms with Gasteiger partial charge in [0.05, 0.1) is 5.56 Å². The zero-order chi connectivity index (χ0) is 13.8. The summed E-state index contributed by atoms with van der Waals surface area (Å²) in [4.78, 5) is 14.4. The molecule has 1 saturated heterocycles. The summed E-state index contributed by atoms with van der Waals surface area (Å²) in [6.07, 6.45) is 1.96. The predicted molar refractivity (Wildman–Crippen MR) is 75.4 cm³/mol. The van der Waals surface area contributed by atoms with Crippen LogP contribution < -0.4 is 5.32 Å². The Morgan fingerprint density at radius 1 is 1.42 bits per heavy atom. The molecule has 104 valence electrons. The smallest absolute Gasteiger partial charge is 0.257 e. The first-order chi connectivity index (χ1) is 9.13. The summed E-state index contributed by atoms with van der Waals surface area (Å²) in [6, 6.07) is 5.50. The normalized spacial score (nSPS) is 16.3. The molecule has 0 aromatic heterocycles. The van der Waals surface area contributed by atoms with Crippen LogP contribution in [0.5, 0.6) is 5.75 Å². The summed E-state index contributed by atoms with van der Waals surface area (Å²) >= 11 is 0. The minimum Gasteiger partial charge on any atom is -0.507 e. The van der Waals surface area contributed by atoms with Crippen LogP contribution in [0, 0.1) is 6.92 Å². The van der Waals surface area contributed by atoms with Crippen molar-refractivity contribution in [1.82, 2.24) is 10.2 Å². The zero-order valence-electron chi connectivity index (χ0n) is 11.6. The lowest BCUT2D eigenvalue weighted by Crippen LogP contribution is -2.46. The molecule has 4 nitrogen and oxygen atoms in total. The summed E-state index contributed by atoms with van der Waals surface area (Å²) in [5.41, 5.74) is 1.37. The third-order valence-electron chi connectivity index (χ3n) is 3.73. The summed E-state index contributed by atoms with van der Waals surface area (Å²) in [5, 5.41) is 13.2. The van der Waals surface area contributed by atoms with E-state index in [0.717, 1.165) is 31.5 Å². The Bertz CT molecular complexity index is 453. The van der Waals surface area contributed by atoms with Crippen molar-refractivity contribution in [2.75, 3.05) is 19.6 Å². The van der Waals surface area contributed by atoms with Crippen molar-refractivity contribution in [3.8, 4) is 5.75 Å². The van der Waals surface area contributed by atoms with Crippen LogP contribution in [0.2, 0.25) is 0 Å². The number of amides is 1. The second-order valence-electron chi connectivity index (χ2n) is 5.09. The van der Waals surface area contributed by atoms with Crippen molar-refractivity contribution in [2.45, 2.75) is 32.7 Å². The minimum absolute atomic E-state index is 0.0631. The molecule has 1 aliphatic rings. The molecule has 2 N–H and O–H groups in total. The molecule has 0 spiro atoms. The van der Waals surface area contributed by atoms with E-state index in [2.05, 4.69) is 5.32 Å². The summed E-state index contributed by atoms with van der Waals surface area (Å²) in [5.74, 6) is 0.0179. The molecule has 1 aliphatic heterocycles. The monoisotopic (exact) mass is 262 g/mol. The van der Waals surface area contributed by atoms with Gasteiger partial charge in [0, 0.05) is 12.6 Å². The van der Waals surface area contributed by atoms with Gasteiger partial charge >= 0.3 is 0 Å². The highest BCUT2D eigenvalue weighted by Gasteiger charge is 2.26. The number of phenols is 1. The highest BCUT2D eigenvalue weighted by molar-refractivity contribution is 5.97. The average Bonchev–Trinajstić information content (AvgIpc) is 2.40. The number of aromatic hydroxyl groups is 1. The van der Waals surface area contributed by atoms with Crippen LogP contribution in [0.25, 0.3) is 0 Å². The molecule has 1 fully saturated rings. The van der Waals surface area contributed by atoms with Gasteiger partial charge in [-0.2, -0.15) is 0 Å². The Hall–Kier alpha value is -1.55. The van der Waals surface area contributed by atoms with Crippen molar-refractivity contribution in [3.63, 3.8) is 0 Å². The first-order valence-corrected chi connectivity index (χ1v) is 6.94. The topological polar surface area (TPSA) is 52.6 Å². The lowest BCUT2D eigenvalue weighted by atomic mass is 10.0. The van der Waals surface area contributed by atoms with E-state index in [4.69, 9.17) is 0 Å². The largest absolute Gasteiger partial charge is 0.507 e. The van der Waals surface area contributed by atoms with Crippen LogP contribution in [-0.2, 0) is 0 Å². The van der Waals surface area contributed by atoms with Gasteiger partial charge in [-0.1, -0.05) is 6.07 Å². The molecule has 0 aliphatic carbocycles. The van der Waals surface area contributed by atoms with Crippen LogP contribution in [0.1, 0.15) is 35.7 Å². The molecule has 2 rings (SSSR count). The van der Waals surface area contributed by atoms with Crippen molar-refractivity contribution in [2.24, 2.45) is 0 Å². The van der Waals surface area contributed by atoms with Gasteiger partial charge in [-0.25, -0.2) is 0 Å². The first kappa shape index (κ1) is 13.9. The van der Waals surface area contributed by atoms with Crippen molar-refractivity contribution in [1.29, 1.82) is 0 Å². The fourth-order valence-electron chi connectivity index (χ4n) is 2.66. The molecule has 1 aromatic rings. The summed E-state index contributed by atoms with van der Waals surface area (Å²) < 4.78 is 0. The quantitative estimate of drug-likeness (QED) is 0.875. The number of carbonyl (C=O) groups excluding carboxylic acids is 1. The van der Waals surface area contributed by atoms with E-state index < -0.39 is 0 Å². The molecule has 0 atom stereocenters. The number of benzene rings is 1. The minimum atomic E-state index is -0.0631. The van der Waals surface area contributed by atoms with Crippen molar-refractivity contribution >= 4 is 5.91 Å². The summed E-state index contributed by atoms with van der Waals surface area (Å²) in [7, 11) is 0. The van der Waals surface area contributed by atoms with Gasteiger partial charge in [-0.3, -0.25) is 4.79 Å². The molecule has 1 aromatic carbocycles. The van der Waals surface area contributed by atoms with Gasteiger partial charge in [0.15, 0.2) is 0 Å². The number of piperidine rings is 1. The van der Waals surface area contributed by atoms with Crippen LogP contribution in [-0.4, -0.2) is 41.6 Å². The second kappa shape index (κ2) is 6.06. The van der Waals surface area contributed by atoms with Gasteiger partial charge in [-0.15, -0.1) is 0 Å². The molecule has 0 unspecified atom stereocenters. The Morgan fingerprint density at radius 2 is 2.11 bits per heavy atom. The highest BCUT2D eigenvalue weighted by Crippen LogP contribution is 2.23. The average molecular weight is 262 g/mol. The van der Waals surface area contributed by atoms with Crippen LogP contribution in [0.3, 0.4) is 0 Å². The number of phenolic OH excluding ortho intramolecular Hbond substituents is 1. The van der Waals surface area contributed by atoms with E-state index >= 15 is 0 Å².